The van der Waals surface area contributed by atoms with Crippen LogP contribution >= 0.6 is 23.2 Å². The van der Waals surface area contributed by atoms with Crippen molar-refractivity contribution < 1.29 is 0 Å². The minimum Gasteiger partial charge on any atom is -0.339 e. The van der Waals surface area contributed by atoms with Crippen LogP contribution in [0.1, 0.15) is 11.1 Å². The van der Waals surface area contributed by atoms with Gasteiger partial charge < -0.3 is 10.6 Å². The Labute approximate surface area is 150 Å². The first kappa shape index (κ1) is 16.5. The van der Waals surface area contributed by atoms with Crippen LogP contribution in [0.5, 0.6) is 0 Å². The highest BCUT2D eigenvalue weighted by Crippen LogP contribution is 2.29. The lowest BCUT2D eigenvalue weighted by Gasteiger charge is -2.12. The molecular formula is C17H15Cl2N5. The zero-order valence-electron chi connectivity index (χ0n) is 13.1. The van der Waals surface area contributed by atoms with Gasteiger partial charge in [-0.3, -0.25) is 0 Å². The van der Waals surface area contributed by atoms with E-state index in [1.165, 1.54) is 6.20 Å². The van der Waals surface area contributed by atoms with E-state index in [0.29, 0.717) is 21.8 Å². The lowest BCUT2D eigenvalue weighted by Crippen LogP contribution is -2.04. The van der Waals surface area contributed by atoms with Gasteiger partial charge >= 0.3 is 0 Å². The van der Waals surface area contributed by atoms with Crippen molar-refractivity contribution in [1.29, 1.82) is 0 Å². The quantitative estimate of drug-likeness (QED) is 0.663. The molecule has 0 saturated carbocycles. The Morgan fingerprint density at radius 1 is 1.00 bits per heavy atom. The molecular weight excluding hydrogens is 345 g/mol. The molecule has 0 unspecified atom stereocenters. The summed E-state index contributed by atoms with van der Waals surface area (Å²) in [5.41, 5.74) is 3.69. The minimum atomic E-state index is 0.357. The second-order valence-electron chi connectivity index (χ2n) is 5.36. The third kappa shape index (κ3) is 3.93. The van der Waals surface area contributed by atoms with E-state index in [1.807, 2.05) is 38.1 Å². The molecule has 1 aromatic heterocycles. The maximum atomic E-state index is 6.30. The van der Waals surface area contributed by atoms with Crippen molar-refractivity contribution in [3.63, 3.8) is 0 Å². The summed E-state index contributed by atoms with van der Waals surface area (Å²) in [7, 11) is 0. The van der Waals surface area contributed by atoms with Crippen LogP contribution in [-0.2, 0) is 0 Å². The lowest BCUT2D eigenvalue weighted by molar-refractivity contribution is 0.981. The van der Waals surface area contributed by atoms with Crippen molar-refractivity contribution in [2.75, 3.05) is 10.6 Å². The summed E-state index contributed by atoms with van der Waals surface area (Å²) in [5.74, 6) is 0.909. The van der Waals surface area contributed by atoms with Gasteiger partial charge in [-0.1, -0.05) is 35.3 Å². The Morgan fingerprint density at radius 2 is 1.83 bits per heavy atom. The molecule has 24 heavy (non-hydrogen) atoms. The van der Waals surface area contributed by atoms with Crippen LogP contribution in [0.25, 0.3) is 0 Å². The van der Waals surface area contributed by atoms with Crippen LogP contribution in [0.3, 0.4) is 0 Å². The number of anilines is 4. The largest absolute Gasteiger partial charge is 0.339 e. The van der Waals surface area contributed by atoms with E-state index in [9.17, 15) is 0 Å². The zero-order chi connectivity index (χ0) is 17.1. The summed E-state index contributed by atoms with van der Waals surface area (Å²) >= 11 is 12.3. The fraction of sp³-hybridized carbons (Fsp3) is 0.118. The van der Waals surface area contributed by atoms with Crippen LogP contribution in [-0.4, -0.2) is 15.2 Å². The van der Waals surface area contributed by atoms with Gasteiger partial charge in [0.2, 0.25) is 5.95 Å². The van der Waals surface area contributed by atoms with Crippen LogP contribution in [0.4, 0.5) is 23.1 Å². The smallest absolute Gasteiger partial charge is 0.249 e. The Bertz CT molecular complexity index is 859. The van der Waals surface area contributed by atoms with Crippen LogP contribution in [0.15, 0.2) is 42.6 Å². The van der Waals surface area contributed by atoms with Crippen LogP contribution in [0.2, 0.25) is 10.0 Å². The molecule has 0 aliphatic rings. The van der Waals surface area contributed by atoms with Gasteiger partial charge in [0.1, 0.15) is 0 Å². The topological polar surface area (TPSA) is 62.7 Å². The number of rotatable bonds is 4. The number of benzene rings is 2. The van der Waals surface area contributed by atoms with E-state index in [4.69, 9.17) is 23.2 Å². The monoisotopic (exact) mass is 359 g/mol. The third-order valence-corrected chi connectivity index (χ3v) is 3.86. The molecule has 0 saturated heterocycles. The van der Waals surface area contributed by atoms with E-state index in [1.54, 1.807) is 12.1 Å². The maximum Gasteiger partial charge on any atom is 0.249 e. The average Bonchev–Trinajstić information content (AvgIpc) is 2.51. The highest BCUT2D eigenvalue weighted by atomic mass is 35.5. The third-order valence-electron chi connectivity index (χ3n) is 3.32. The Kier molecular flexibility index (Phi) is 4.83. The van der Waals surface area contributed by atoms with Crippen molar-refractivity contribution in [1.82, 2.24) is 15.2 Å². The minimum absolute atomic E-state index is 0.357. The predicted octanol–water partition coefficient (Wildman–Crippen LogP) is 5.28. The van der Waals surface area contributed by atoms with Crippen molar-refractivity contribution in [2.24, 2.45) is 0 Å². The van der Waals surface area contributed by atoms with E-state index in [0.717, 1.165) is 22.5 Å². The molecule has 0 atom stereocenters. The normalized spacial score (nSPS) is 10.5. The molecule has 2 aromatic carbocycles. The van der Waals surface area contributed by atoms with Crippen molar-refractivity contribution in [2.45, 2.75) is 13.8 Å². The number of nitrogens with zero attached hydrogens (tertiary/aromatic N) is 3. The SMILES string of the molecule is Cc1cc(C)c(Nc2nncc(Nc3cccc(Cl)c3)n2)c(Cl)c1. The van der Waals surface area contributed by atoms with Crippen LogP contribution < -0.4 is 10.6 Å². The second kappa shape index (κ2) is 7.03. The van der Waals surface area contributed by atoms with Crippen LogP contribution in [0, 0.1) is 13.8 Å². The fourth-order valence-electron chi connectivity index (χ4n) is 2.32. The van der Waals surface area contributed by atoms with Gasteiger partial charge in [0.05, 0.1) is 16.9 Å². The summed E-state index contributed by atoms with van der Waals surface area (Å²) < 4.78 is 0. The summed E-state index contributed by atoms with van der Waals surface area (Å²) in [5, 5.41) is 15.5. The number of nitrogens with one attached hydrogen (secondary N) is 2. The summed E-state index contributed by atoms with van der Waals surface area (Å²) in [6.07, 6.45) is 1.54. The molecule has 122 valence electrons. The van der Waals surface area contributed by atoms with Gasteiger partial charge in [0, 0.05) is 10.7 Å². The summed E-state index contributed by atoms with van der Waals surface area (Å²) in [4.78, 5) is 4.40. The molecule has 0 radical (unpaired) electrons. The molecule has 3 aromatic rings. The molecule has 0 aliphatic heterocycles. The summed E-state index contributed by atoms with van der Waals surface area (Å²) in [6.45, 7) is 3.97. The van der Waals surface area contributed by atoms with Gasteiger partial charge in [0.25, 0.3) is 0 Å². The molecule has 0 aliphatic carbocycles. The molecule has 5 nitrogen and oxygen atoms in total. The molecule has 0 bridgehead atoms. The highest BCUT2D eigenvalue weighted by Gasteiger charge is 2.08. The number of aryl methyl sites for hydroxylation is 2. The standard InChI is InChI=1S/C17H15Cl2N5/c1-10-6-11(2)16(14(19)7-10)23-17-22-15(9-20-24-17)21-13-5-3-4-12(18)8-13/h3-9H,1-2H3,(H2,21,22,23,24). The Hall–Kier alpha value is -2.37. The number of halogens is 2. The predicted molar refractivity (Wildman–Crippen MR) is 98.8 cm³/mol. The first-order valence-electron chi connectivity index (χ1n) is 7.27. The maximum absolute atomic E-state index is 6.30. The number of hydrogen-bond acceptors (Lipinski definition) is 5. The lowest BCUT2D eigenvalue weighted by atomic mass is 10.1. The first-order chi connectivity index (χ1) is 11.5. The molecule has 3 rings (SSSR count). The highest BCUT2D eigenvalue weighted by molar-refractivity contribution is 6.33. The van der Waals surface area contributed by atoms with E-state index >= 15 is 0 Å². The van der Waals surface area contributed by atoms with Crippen molar-refractivity contribution in [3.05, 3.63) is 63.8 Å². The molecule has 1 heterocycles. The van der Waals surface area contributed by atoms with Gasteiger partial charge in [-0.05, 0) is 49.2 Å². The Balaban J connectivity index is 1.83. The van der Waals surface area contributed by atoms with Gasteiger partial charge in [-0.15, -0.1) is 5.10 Å². The molecule has 0 spiro atoms. The van der Waals surface area contributed by atoms with Gasteiger partial charge in [0.15, 0.2) is 5.82 Å². The molecule has 0 fully saturated rings. The first-order valence-corrected chi connectivity index (χ1v) is 8.03. The number of hydrogen-bond donors (Lipinski definition) is 2. The van der Waals surface area contributed by atoms with Gasteiger partial charge in [-0.25, -0.2) is 0 Å². The molecule has 7 heteroatoms. The zero-order valence-corrected chi connectivity index (χ0v) is 14.7. The van der Waals surface area contributed by atoms with Crippen molar-refractivity contribution >= 4 is 46.3 Å². The van der Waals surface area contributed by atoms with Crippen molar-refractivity contribution in [3.8, 4) is 0 Å². The summed E-state index contributed by atoms with van der Waals surface area (Å²) in [6, 6.07) is 11.3. The Morgan fingerprint density at radius 3 is 2.58 bits per heavy atom. The number of aromatic nitrogens is 3. The van der Waals surface area contributed by atoms with E-state index in [-0.39, 0.29) is 0 Å². The van der Waals surface area contributed by atoms with E-state index in [2.05, 4.69) is 25.8 Å². The van der Waals surface area contributed by atoms with E-state index < -0.39 is 0 Å². The average molecular weight is 360 g/mol. The molecule has 2 N–H and O–H groups in total. The fourth-order valence-corrected chi connectivity index (χ4v) is 2.88. The van der Waals surface area contributed by atoms with Gasteiger partial charge in [-0.2, -0.15) is 10.1 Å². The molecule has 0 amide bonds. The second-order valence-corrected chi connectivity index (χ2v) is 6.21.